The van der Waals surface area contributed by atoms with Gasteiger partial charge in [0.05, 0.1) is 19.8 Å². The second-order valence-electron chi connectivity index (χ2n) is 7.09. The molecule has 1 fully saturated rings. The fourth-order valence-corrected chi connectivity index (χ4v) is 3.13. The molecule has 6 nitrogen and oxygen atoms in total. The van der Waals surface area contributed by atoms with Crippen molar-refractivity contribution < 1.29 is 13.9 Å². The SMILES string of the molecule is Cc1cc(CN=C(N)NCCCN2CCOCC2)ccc1Oc1ccc(F)cc1. The van der Waals surface area contributed by atoms with Crippen LogP contribution in [0.2, 0.25) is 0 Å². The fourth-order valence-electron chi connectivity index (χ4n) is 3.13. The Balaban J connectivity index is 1.43. The molecule has 1 saturated heterocycles. The lowest BCUT2D eigenvalue weighted by molar-refractivity contribution is 0.0376. The van der Waals surface area contributed by atoms with Gasteiger partial charge in [-0.15, -0.1) is 0 Å². The molecule has 29 heavy (non-hydrogen) atoms. The number of ether oxygens (including phenoxy) is 2. The summed E-state index contributed by atoms with van der Waals surface area (Å²) in [4.78, 5) is 6.81. The molecule has 0 atom stereocenters. The summed E-state index contributed by atoms with van der Waals surface area (Å²) in [7, 11) is 0. The Kier molecular flexibility index (Phi) is 7.84. The van der Waals surface area contributed by atoms with Gasteiger partial charge in [-0.2, -0.15) is 0 Å². The average molecular weight is 400 g/mol. The number of hydrogen-bond donors (Lipinski definition) is 2. The van der Waals surface area contributed by atoms with Crippen LogP contribution in [0, 0.1) is 12.7 Å². The maximum absolute atomic E-state index is 13.0. The lowest BCUT2D eigenvalue weighted by atomic mass is 10.1. The molecule has 1 aliphatic heterocycles. The first-order valence-corrected chi connectivity index (χ1v) is 9.97. The summed E-state index contributed by atoms with van der Waals surface area (Å²) < 4.78 is 24.2. The number of guanidine groups is 1. The average Bonchev–Trinajstić information content (AvgIpc) is 2.74. The zero-order valence-corrected chi connectivity index (χ0v) is 16.9. The van der Waals surface area contributed by atoms with E-state index in [0.717, 1.165) is 62.7 Å². The zero-order valence-electron chi connectivity index (χ0n) is 16.9. The van der Waals surface area contributed by atoms with E-state index in [1.807, 2.05) is 25.1 Å². The van der Waals surface area contributed by atoms with E-state index in [1.165, 1.54) is 12.1 Å². The number of nitrogens with two attached hydrogens (primary N) is 1. The predicted octanol–water partition coefficient (Wildman–Crippen LogP) is 3.05. The highest BCUT2D eigenvalue weighted by Crippen LogP contribution is 2.26. The maximum Gasteiger partial charge on any atom is 0.188 e. The van der Waals surface area contributed by atoms with Crippen molar-refractivity contribution >= 4 is 5.96 Å². The summed E-state index contributed by atoms with van der Waals surface area (Å²) in [5.74, 6) is 1.51. The molecule has 2 aromatic carbocycles. The van der Waals surface area contributed by atoms with Crippen LogP contribution in [0.4, 0.5) is 4.39 Å². The lowest BCUT2D eigenvalue weighted by Gasteiger charge is -2.26. The van der Waals surface area contributed by atoms with E-state index in [9.17, 15) is 4.39 Å². The van der Waals surface area contributed by atoms with Gasteiger partial charge in [-0.3, -0.25) is 4.90 Å². The molecule has 0 spiro atoms. The maximum atomic E-state index is 13.0. The third-order valence-electron chi connectivity index (χ3n) is 4.77. The molecule has 0 unspecified atom stereocenters. The number of rotatable bonds is 8. The number of hydrogen-bond acceptors (Lipinski definition) is 4. The standard InChI is InChI=1S/C22H29FN4O2/c1-17-15-18(3-8-21(17)29-20-6-4-19(23)5-7-20)16-26-22(24)25-9-2-10-27-11-13-28-14-12-27/h3-8,15H,2,9-14,16H2,1H3,(H3,24,25,26). The number of nitrogens with zero attached hydrogens (tertiary/aromatic N) is 2. The number of halogens is 1. The van der Waals surface area contributed by atoms with Crippen molar-refractivity contribution in [1.82, 2.24) is 10.2 Å². The van der Waals surface area contributed by atoms with Crippen LogP contribution in [-0.4, -0.2) is 50.3 Å². The van der Waals surface area contributed by atoms with E-state index in [0.29, 0.717) is 18.3 Å². The molecular formula is C22H29FN4O2. The van der Waals surface area contributed by atoms with E-state index in [-0.39, 0.29) is 5.82 Å². The topological polar surface area (TPSA) is 72.1 Å². The van der Waals surface area contributed by atoms with E-state index in [4.69, 9.17) is 15.2 Å². The minimum atomic E-state index is -0.283. The number of nitrogens with one attached hydrogen (secondary N) is 1. The van der Waals surface area contributed by atoms with Crippen molar-refractivity contribution in [3.63, 3.8) is 0 Å². The van der Waals surface area contributed by atoms with Crippen LogP contribution < -0.4 is 15.8 Å². The number of aliphatic imine (C=N–C) groups is 1. The molecule has 1 heterocycles. The zero-order chi connectivity index (χ0) is 20.5. The molecule has 3 N–H and O–H groups in total. The van der Waals surface area contributed by atoms with Gasteiger partial charge in [0.1, 0.15) is 17.3 Å². The summed E-state index contributed by atoms with van der Waals surface area (Å²) in [6.07, 6.45) is 1.02. The summed E-state index contributed by atoms with van der Waals surface area (Å²) in [5, 5.41) is 3.17. The Labute approximate surface area is 171 Å². The fraction of sp³-hybridized carbons (Fsp3) is 0.409. The van der Waals surface area contributed by atoms with Gasteiger partial charge in [0.15, 0.2) is 5.96 Å². The van der Waals surface area contributed by atoms with Crippen molar-refractivity contribution in [3.8, 4) is 11.5 Å². The third-order valence-corrected chi connectivity index (χ3v) is 4.77. The number of aryl methyl sites for hydroxylation is 1. The molecule has 1 aliphatic rings. The quantitative estimate of drug-likeness (QED) is 0.405. The van der Waals surface area contributed by atoms with Crippen molar-refractivity contribution in [2.75, 3.05) is 39.4 Å². The second kappa shape index (κ2) is 10.8. The van der Waals surface area contributed by atoms with Crippen LogP contribution in [-0.2, 0) is 11.3 Å². The molecule has 7 heteroatoms. The van der Waals surface area contributed by atoms with Gasteiger partial charge >= 0.3 is 0 Å². The highest BCUT2D eigenvalue weighted by atomic mass is 19.1. The van der Waals surface area contributed by atoms with Gasteiger partial charge in [0.2, 0.25) is 0 Å². The lowest BCUT2D eigenvalue weighted by Crippen LogP contribution is -2.39. The molecule has 0 saturated carbocycles. The largest absolute Gasteiger partial charge is 0.457 e. The highest BCUT2D eigenvalue weighted by molar-refractivity contribution is 5.77. The molecule has 0 bridgehead atoms. The van der Waals surface area contributed by atoms with E-state index >= 15 is 0 Å². The van der Waals surface area contributed by atoms with Gasteiger partial charge in [0.25, 0.3) is 0 Å². The first-order chi connectivity index (χ1) is 14.1. The normalized spacial score (nSPS) is 15.3. The molecule has 0 aromatic heterocycles. The first kappa shape index (κ1) is 21.1. The molecule has 156 valence electrons. The van der Waals surface area contributed by atoms with Crippen molar-refractivity contribution in [3.05, 3.63) is 59.4 Å². The van der Waals surface area contributed by atoms with Gasteiger partial charge in [-0.05, 0) is 61.3 Å². The minimum Gasteiger partial charge on any atom is -0.457 e. The Morgan fingerprint density at radius 2 is 1.97 bits per heavy atom. The van der Waals surface area contributed by atoms with Gasteiger partial charge in [-0.25, -0.2) is 9.38 Å². The van der Waals surface area contributed by atoms with Crippen molar-refractivity contribution in [2.24, 2.45) is 10.7 Å². The van der Waals surface area contributed by atoms with Crippen molar-refractivity contribution in [1.29, 1.82) is 0 Å². The third kappa shape index (κ3) is 7.03. The Morgan fingerprint density at radius 1 is 1.21 bits per heavy atom. The van der Waals surface area contributed by atoms with E-state index < -0.39 is 0 Å². The van der Waals surface area contributed by atoms with Gasteiger partial charge < -0.3 is 20.5 Å². The molecule has 0 radical (unpaired) electrons. The molecule has 3 rings (SSSR count). The Morgan fingerprint density at radius 3 is 2.69 bits per heavy atom. The molecule has 0 aliphatic carbocycles. The molecule has 0 amide bonds. The first-order valence-electron chi connectivity index (χ1n) is 9.97. The number of morpholine rings is 1. The Hall–Kier alpha value is -2.64. The van der Waals surface area contributed by atoms with E-state index in [1.54, 1.807) is 12.1 Å². The van der Waals surface area contributed by atoms with Crippen LogP contribution in [0.25, 0.3) is 0 Å². The summed E-state index contributed by atoms with van der Waals surface area (Å²) in [6.45, 7) is 7.97. The molecular weight excluding hydrogens is 371 g/mol. The van der Waals surface area contributed by atoms with Crippen LogP contribution in [0.1, 0.15) is 17.5 Å². The smallest absolute Gasteiger partial charge is 0.188 e. The van der Waals surface area contributed by atoms with Crippen LogP contribution in [0.5, 0.6) is 11.5 Å². The Bertz CT molecular complexity index is 805. The van der Waals surface area contributed by atoms with Gasteiger partial charge in [0, 0.05) is 19.6 Å². The summed E-state index contributed by atoms with van der Waals surface area (Å²) in [6, 6.07) is 11.9. The van der Waals surface area contributed by atoms with Crippen LogP contribution in [0.3, 0.4) is 0 Å². The van der Waals surface area contributed by atoms with Crippen LogP contribution >= 0.6 is 0 Å². The number of benzene rings is 2. The minimum absolute atomic E-state index is 0.283. The predicted molar refractivity (Wildman–Crippen MR) is 113 cm³/mol. The van der Waals surface area contributed by atoms with Crippen molar-refractivity contribution in [2.45, 2.75) is 19.9 Å². The monoisotopic (exact) mass is 400 g/mol. The second-order valence-corrected chi connectivity index (χ2v) is 7.09. The molecule has 2 aromatic rings. The van der Waals surface area contributed by atoms with E-state index in [2.05, 4.69) is 15.2 Å². The highest BCUT2D eigenvalue weighted by Gasteiger charge is 2.09. The summed E-state index contributed by atoms with van der Waals surface area (Å²) >= 11 is 0. The van der Waals surface area contributed by atoms with Crippen LogP contribution in [0.15, 0.2) is 47.5 Å². The summed E-state index contributed by atoms with van der Waals surface area (Å²) in [5.41, 5.74) is 8.01. The van der Waals surface area contributed by atoms with Gasteiger partial charge in [-0.1, -0.05) is 12.1 Å².